The summed E-state index contributed by atoms with van der Waals surface area (Å²) in [5, 5.41) is 28.8. The molecular weight excluding hydrogens is 304 g/mol. The molecule has 0 bridgehead atoms. The lowest BCUT2D eigenvalue weighted by Crippen LogP contribution is -2.13. The molecule has 1 fully saturated rings. The van der Waals surface area contributed by atoms with Gasteiger partial charge in [-0.3, -0.25) is 4.79 Å². The summed E-state index contributed by atoms with van der Waals surface area (Å²) in [7, 11) is 0. The Morgan fingerprint density at radius 1 is 1.25 bits per heavy atom. The third-order valence-corrected chi connectivity index (χ3v) is 4.72. The number of hydrogen-bond donors (Lipinski definition) is 3. The van der Waals surface area contributed by atoms with Crippen LogP contribution in [0.3, 0.4) is 0 Å². The molecule has 0 saturated heterocycles. The molecule has 2 unspecified atom stereocenters. The highest BCUT2D eigenvalue weighted by atomic mass is 16.4. The first-order valence-corrected chi connectivity index (χ1v) is 9.49. The first-order valence-electron chi connectivity index (χ1n) is 9.49. The van der Waals surface area contributed by atoms with Crippen LogP contribution in [0.4, 0.5) is 0 Å². The SMILES string of the molecule is CCCCCC(O)C=C[C@@H]1C(=CCCCCCC(=O)O)CCC1O. The van der Waals surface area contributed by atoms with Gasteiger partial charge in [0.25, 0.3) is 0 Å². The Morgan fingerprint density at radius 3 is 2.75 bits per heavy atom. The molecule has 1 rings (SSSR count). The van der Waals surface area contributed by atoms with E-state index in [-0.39, 0.29) is 18.4 Å². The summed E-state index contributed by atoms with van der Waals surface area (Å²) in [5.74, 6) is -0.695. The van der Waals surface area contributed by atoms with E-state index in [9.17, 15) is 15.0 Å². The molecule has 0 aliphatic heterocycles. The van der Waals surface area contributed by atoms with Crippen molar-refractivity contribution in [3.63, 3.8) is 0 Å². The van der Waals surface area contributed by atoms with Crippen molar-refractivity contribution in [3.05, 3.63) is 23.8 Å². The van der Waals surface area contributed by atoms with Crippen LogP contribution in [0.15, 0.2) is 23.8 Å². The first kappa shape index (κ1) is 20.9. The van der Waals surface area contributed by atoms with Gasteiger partial charge in [-0.05, 0) is 38.5 Å². The molecule has 0 heterocycles. The van der Waals surface area contributed by atoms with Gasteiger partial charge in [0.2, 0.25) is 0 Å². The summed E-state index contributed by atoms with van der Waals surface area (Å²) in [6, 6.07) is 0. The summed E-state index contributed by atoms with van der Waals surface area (Å²) >= 11 is 0. The Bertz CT molecular complexity index is 414. The lowest BCUT2D eigenvalue weighted by atomic mass is 9.97. The largest absolute Gasteiger partial charge is 0.481 e. The number of carboxylic acid groups (broad SMARTS) is 1. The summed E-state index contributed by atoms with van der Waals surface area (Å²) in [4.78, 5) is 10.5. The molecule has 1 saturated carbocycles. The zero-order chi connectivity index (χ0) is 17.8. The minimum absolute atomic E-state index is 0.0323. The smallest absolute Gasteiger partial charge is 0.303 e. The van der Waals surface area contributed by atoms with Crippen LogP contribution in [0.1, 0.15) is 77.6 Å². The molecule has 1 aliphatic rings. The topological polar surface area (TPSA) is 77.8 Å². The maximum atomic E-state index is 10.5. The maximum absolute atomic E-state index is 10.5. The van der Waals surface area contributed by atoms with E-state index in [0.29, 0.717) is 0 Å². The van der Waals surface area contributed by atoms with E-state index in [1.165, 1.54) is 5.57 Å². The van der Waals surface area contributed by atoms with Crippen molar-refractivity contribution in [2.75, 3.05) is 0 Å². The second-order valence-corrected chi connectivity index (χ2v) is 6.85. The van der Waals surface area contributed by atoms with Gasteiger partial charge < -0.3 is 15.3 Å². The zero-order valence-corrected chi connectivity index (χ0v) is 15.0. The van der Waals surface area contributed by atoms with Crippen LogP contribution in [0.5, 0.6) is 0 Å². The average molecular weight is 338 g/mol. The van der Waals surface area contributed by atoms with Gasteiger partial charge in [0.1, 0.15) is 0 Å². The van der Waals surface area contributed by atoms with E-state index >= 15 is 0 Å². The molecular formula is C20H34O4. The van der Waals surface area contributed by atoms with Crippen LogP contribution in [0.2, 0.25) is 0 Å². The predicted molar refractivity (Wildman–Crippen MR) is 96.8 cm³/mol. The van der Waals surface area contributed by atoms with Crippen LogP contribution in [0.25, 0.3) is 0 Å². The van der Waals surface area contributed by atoms with E-state index in [1.807, 2.05) is 12.2 Å². The van der Waals surface area contributed by atoms with Crippen molar-refractivity contribution in [1.29, 1.82) is 0 Å². The number of rotatable bonds is 12. The molecule has 3 N–H and O–H groups in total. The minimum Gasteiger partial charge on any atom is -0.481 e. The molecule has 138 valence electrons. The van der Waals surface area contributed by atoms with Crippen molar-refractivity contribution in [2.45, 2.75) is 89.8 Å². The van der Waals surface area contributed by atoms with Gasteiger partial charge in [-0.1, -0.05) is 56.4 Å². The number of aliphatic carboxylic acids is 1. The fourth-order valence-electron chi connectivity index (χ4n) is 3.23. The van der Waals surface area contributed by atoms with Gasteiger partial charge in [-0.15, -0.1) is 0 Å². The predicted octanol–water partition coefficient (Wildman–Crippen LogP) is 4.22. The third kappa shape index (κ3) is 8.65. The lowest BCUT2D eigenvalue weighted by molar-refractivity contribution is -0.137. The summed E-state index contributed by atoms with van der Waals surface area (Å²) in [6.45, 7) is 2.15. The van der Waals surface area contributed by atoms with Crippen LogP contribution < -0.4 is 0 Å². The second kappa shape index (κ2) is 12.3. The molecule has 0 aromatic carbocycles. The van der Waals surface area contributed by atoms with Gasteiger partial charge in [-0.25, -0.2) is 0 Å². The van der Waals surface area contributed by atoms with Crippen LogP contribution in [0, 0.1) is 5.92 Å². The van der Waals surface area contributed by atoms with Crippen molar-refractivity contribution >= 4 is 5.97 Å². The standard InChI is InChI=1S/C20H34O4/c1-2-3-6-10-17(21)13-14-18-16(12-15-19(18)22)9-7-4-5-8-11-20(23)24/h9,13-14,17-19,21-22H,2-8,10-12,15H2,1H3,(H,23,24)/t17?,18-,19?/m1/s1. The Kier molecular flexibility index (Phi) is 10.7. The molecule has 0 aromatic rings. The minimum atomic E-state index is -0.727. The van der Waals surface area contributed by atoms with Gasteiger partial charge in [-0.2, -0.15) is 0 Å². The summed E-state index contributed by atoms with van der Waals surface area (Å²) in [6.07, 6.45) is 14.9. The van der Waals surface area contributed by atoms with Gasteiger partial charge in [0, 0.05) is 12.3 Å². The van der Waals surface area contributed by atoms with E-state index in [4.69, 9.17) is 5.11 Å². The summed E-state index contributed by atoms with van der Waals surface area (Å²) < 4.78 is 0. The molecule has 3 atom stereocenters. The molecule has 1 aliphatic carbocycles. The number of allylic oxidation sites excluding steroid dienone is 1. The fraction of sp³-hybridized carbons (Fsp3) is 0.750. The van der Waals surface area contributed by atoms with Crippen LogP contribution in [-0.4, -0.2) is 33.5 Å². The highest BCUT2D eigenvalue weighted by Gasteiger charge is 2.27. The van der Waals surface area contributed by atoms with E-state index in [2.05, 4.69) is 13.0 Å². The second-order valence-electron chi connectivity index (χ2n) is 6.85. The molecule has 4 nitrogen and oxygen atoms in total. The number of aliphatic hydroxyl groups excluding tert-OH is 2. The number of carbonyl (C=O) groups is 1. The zero-order valence-electron chi connectivity index (χ0n) is 15.0. The van der Waals surface area contributed by atoms with Crippen molar-refractivity contribution in [1.82, 2.24) is 0 Å². The van der Waals surface area contributed by atoms with Crippen LogP contribution in [-0.2, 0) is 4.79 Å². The van der Waals surface area contributed by atoms with Crippen LogP contribution >= 0.6 is 0 Å². The highest BCUT2D eigenvalue weighted by molar-refractivity contribution is 5.66. The Hall–Kier alpha value is -1.13. The fourth-order valence-corrected chi connectivity index (χ4v) is 3.23. The van der Waals surface area contributed by atoms with Crippen molar-refractivity contribution in [2.24, 2.45) is 5.92 Å². The molecule has 24 heavy (non-hydrogen) atoms. The van der Waals surface area contributed by atoms with Gasteiger partial charge in [0.05, 0.1) is 12.2 Å². The van der Waals surface area contributed by atoms with Crippen molar-refractivity contribution < 1.29 is 20.1 Å². The number of aliphatic hydroxyl groups is 2. The van der Waals surface area contributed by atoms with Crippen molar-refractivity contribution in [3.8, 4) is 0 Å². The van der Waals surface area contributed by atoms with Gasteiger partial charge >= 0.3 is 5.97 Å². The molecule has 0 spiro atoms. The lowest BCUT2D eigenvalue weighted by Gasteiger charge is -2.13. The number of unbranched alkanes of at least 4 members (excludes halogenated alkanes) is 5. The molecule has 4 heteroatoms. The Morgan fingerprint density at radius 2 is 2.04 bits per heavy atom. The van der Waals surface area contributed by atoms with E-state index in [1.54, 1.807) is 0 Å². The monoisotopic (exact) mass is 338 g/mol. The number of hydrogen-bond acceptors (Lipinski definition) is 3. The average Bonchev–Trinajstić information content (AvgIpc) is 2.89. The van der Waals surface area contributed by atoms with E-state index in [0.717, 1.165) is 64.2 Å². The van der Waals surface area contributed by atoms with Gasteiger partial charge in [0.15, 0.2) is 0 Å². The number of carboxylic acids is 1. The highest BCUT2D eigenvalue weighted by Crippen LogP contribution is 2.33. The van der Waals surface area contributed by atoms with E-state index < -0.39 is 12.1 Å². The summed E-state index contributed by atoms with van der Waals surface area (Å²) in [5.41, 5.74) is 1.26. The molecule has 0 amide bonds. The molecule has 0 aromatic heterocycles. The Labute approximate surface area is 146 Å². The Balaban J connectivity index is 2.37. The first-order chi connectivity index (χ1) is 11.5. The normalized spacial score (nSPS) is 24.0. The third-order valence-electron chi connectivity index (χ3n) is 4.72. The molecule has 0 radical (unpaired) electrons. The maximum Gasteiger partial charge on any atom is 0.303 e. The quantitative estimate of drug-likeness (QED) is 0.368.